The van der Waals surface area contributed by atoms with Crippen molar-refractivity contribution in [1.29, 1.82) is 5.26 Å². The maximum Gasteiger partial charge on any atom is 0.266 e. The Balaban J connectivity index is 3.45. The van der Waals surface area contributed by atoms with E-state index in [0.29, 0.717) is 6.20 Å². The van der Waals surface area contributed by atoms with E-state index in [2.05, 4.69) is 4.98 Å². The van der Waals surface area contributed by atoms with Crippen LogP contribution in [-0.4, -0.2) is 16.4 Å². The van der Waals surface area contributed by atoms with Gasteiger partial charge in [-0.1, -0.05) is 0 Å². The zero-order valence-electron chi connectivity index (χ0n) is 6.74. The van der Waals surface area contributed by atoms with Gasteiger partial charge in [-0.15, -0.1) is 0 Å². The molecule has 0 saturated carbocycles. The van der Waals surface area contributed by atoms with E-state index in [-0.39, 0.29) is 6.29 Å². The quantitative estimate of drug-likeness (QED) is 0.729. The molecule has 0 unspecified atom stereocenters. The zero-order valence-corrected chi connectivity index (χ0v) is 6.74. The van der Waals surface area contributed by atoms with E-state index in [1.807, 2.05) is 0 Å². The molecule has 0 aliphatic carbocycles. The first-order valence-electron chi connectivity index (χ1n) is 3.47. The van der Waals surface area contributed by atoms with Crippen LogP contribution in [0.1, 0.15) is 28.0 Å². The molecule has 0 radical (unpaired) electrons. The fraction of sp³-hybridized carbons (Fsp3) is 0.125. The van der Waals surface area contributed by atoms with Crippen LogP contribution >= 0.6 is 0 Å². The number of nitrogens with zero attached hydrogens (tertiary/aromatic N) is 2. The van der Waals surface area contributed by atoms with Crippen molar-refractivity contribution < 1.29 is 18.7 Å². The van der Waals surface area contributed by atoms with Gasteiger partial charge in [0, 0.05) is 6.20 Å². The number of aromatic hydroxyl groups is 1. The standard InChI is InChI=1S/C8H4F2N2O2/c9-8(10)4-2-12-6(1-11)7(14)5(4)3-13/h2-3,8,14H. The van der Waals surface area contributed by atoms with Crippen molar-refractivity contribution in [3.8, 4) is 11.8 Å². The lowest BCUT2D eigenvalue weighted by atomic mass is 10.1. The van der Waals surface area contributed by atoms with E-state index >= 15 is 0 Å². The van der Waals surface area contributed by atoms with Gasteiger partial charge in [0.1, 0.15) is 6.07 Å². The summed E-state index contributed by atoms with van der Waals surface area (Å²) in [6.07, 6.45) is -2.15. The first-order chi connectivity index (χ1) is 6.61. The molecule has 1 heterocycles. The lowest BCUT2D eigenvalue weighted by Crippen LogP contribution is -1.98. The number of rotatable bonds is 2. The minimum Gasteiger partial charge on any atom is -0.504 e. The Bertz CT molecular complexity index is 413. The first kappa shape index (κ1) is 10.1. The number of alkyl halides is 2. The summed E-state index contributed by atoms with van der Waals surface area (Å²) in [5, 5.41) is 17.6. The number of carbonyl (C=O) groups excluding carboxylic acids is 1. The lowest BCUT2D eigenvalue weighted by Gasteiger charge is -2.05. The van der Waals surface area contributed by atoms with Crippen LogP contribution in [0.2, 0.25) is 0 Å². The third kappa shape index (κ3) is 1.52. The molecular formula is C8H4F2N2O2. The summed E-state index contributed by atoms with van der Waals surface area (Å²) in [5.41, 5.74) is -1.72. The van der Waals surface area contributed by atoms with Gasteiger partial charge in [0.15, 0.2) is 17.7 Å². The van der Waals surface area contributed by atoms with Gasteiger partial charge in [-0.25, -0.2) is 13.8 Å². The highest BCUT2D eigenvalue weighted by molar-refractivity contribution is 5.82. The van der Waals surface area contributed by atoms with E-state index in [4.69, 9.17) is 10.4 Å². The van der Waals surface area contributed by atoms with Crippen molar-refractivity contribution in [2.75, 3.05) is 0 Å². The van der Waals surface area contributed by atoms with Crippen molar-refractivity contribution in [1.82, 2.24) is 4.98 Å². The molecule has 1 aromatic heterocycles. The fourth-order valence-corrected chi connectivity index (χ4v) is 0.909. The summed E-state index contributed by atoms with van der Waals surface area (Å²) in [6.45, 7) is 0. The van der Waals surface area contributed by atoms with Crippen molar-refractivity contribution >= 4 is 6.29 Å². The Labute approximate surface area is 77.4 Å². The van der Waals surface area contributed by atoms with Crippen LogP contribution in [0.4, 0.5) is 8.78 Å². The molecule has 1 N–H and O–H groups in total. The van der Waals surface area contributed by atoms with Crippen molar-refractivity contribution in [3.63, 3.8) is 0 Å². The van der Waals surface area contributed by atoms with Crippen molar-refractivity contribution in [2.45, 2.75) is 6.43 Å². The van der Waals surface area contributed by atoms with Gasteiger partial charge in [0.05, 0.1) is 11.1 Å². The Morgan fingerprint density at radius 3 is 2.71 bits per heavy atom. The van der Waals surface area contributed by atoms with Gasteiger partial charge in [0.25, 0.3) is 6.43 Å². The maximum atomic E-state index is 12.2. The SMILES string of the molecule is N#Cc1ncc(C(F)F)c(C=O)c1O. The predicted molar refractivity (Wildman–Crippen MR) is 41.0 cm³/mol. The molecule has 14 heavy (non-hydrogen) atoms. The van der Waals surface area contributed by atoms with E-state index in [1.54, 1.807) is 0 Å². The third-order valence-corrected chi connectivity index (χ3v) is 1.58. The number of nitriles is 1. The van der Waals surface area contributed by atoms with Gasteiger partial charge < -0.3 is 5.11 Å². The number of aromatic nitrogens is 1. The molecule has 0 aliphatic rings. The van der Waals surface area contributed by atoms with Gasteiger partial charge in [-0.2, -0.15) is 5.26 Å². The molecule has 0 aliphatic heterocycles. The van der Waals surface area contributed by atoms with Gasteiger partial charge >= 0.3 is 0 Å². The van der Waals surface area contributed by atoms with Crippen LogP contribution < -0.4 is 0 Å². The number of pyridine rings is 1. The second-order valence-corrected chi connectivity index (χ2v) is 2.35. The van der Waals surface area contributed by atoms with Crippen molar-refractivity contribution in [3.05, 3.63) is 23.0 Å². The lowest BCUT2D eigenvalue weighted by molar-refractivity contribution is 0.110. The summed E-state index contributed by atoms with van der Waals surface area (Å²) in [6, 6.07) is 1.47. The molecular weight excluding hydrogens is 194 g/mol. The fourth-order valence-electron chi connectivity index (χ4n) is 0.909. The average molecular weight is 198 g/mol. The van der Waals surface area contributed by atoms with Gasteiger partial charge in [-0.3, -0.25) is 4.79 Å². The molecule has 0 atom stereocenters. The summed E-state index contributed by atoms with van der Waals surface area (Å²) in [7, 11) is 0. The van der Waals surface area contributed by atoms with Gasteiger partial charge in [0.2, 0.25) is 0 Å². The molecule has 6 heteroatoms. The number of hydrogen-bond donors (Lipinski definition) is 1. The average Bonchev–Trinajstić information content (AvgIpc) is 2.17. The summed E-state index contributed by atoms with van der Waals surface area (Å²) < 4.78 is 24.5. The number of halogens is 2. The Hall–Kier alpha value is -2.03. The molecule has 1 aromatic rings. The normalized spacial score (nSPS) is 9.86. The highest BCUT2D eigenvalue weighted by Crippen LogP contribution is 2.28. The van der Waals surface area contributed by atoms with Crippen molar-refractivity contribution in [2.24, 2.45) is 0 Å². The minimum atomic E-state index is -2.92. The van der Waals surface area contributed by atoms with Crippen LogP contribution in [0, 0.1) is 11.3 Å². The Morgan fingerprint density at radius 1 is 1.64 bits per heavy atom. The Morgan fingerprint density at radius 2 is 2.29 bits per heavy atom. The molecule has 0 amide bonds. The summed E-state index contributed by atoms with van der Waals surface area (Å²) in [5.74, 6) is -0.805. The van der Waals surface area contributed by atoms with E-state index in [9.17, 15) is 13.6 Å². The molecule has 0 aromatic carbocycles. The monoisotopic (exact) mass is 198 g/mol. The second kappa shape index (κ2) is 3.79. The second-order valence-electron chi connectivity index (χ2n) is 2.35. The van der Waals surface area contributed by atoms with Crippen LogP contribution in [0.5, 0.6) is 5.75 Å². The topological polar surface area (TPSA) is 74.0 Å². The number of hydrogen-bond acceptors (Lipinski definition) is 4. The van der Waals surface area contributed by atoms with Crippen LogP contribution in [0.25, 0.3) is 0 Å². The molecule has 0 spiro atoms. The van der Waals surface area contributed by atoms with Crippen LogP contribution in [0.3, 0.4) is 0 Å². The van der Waals surface area contributed by atoms with Crippen LogP contribution in [-0.2, 0) is 0 Å². The largest absolute Gasteiger partial charge is 0.504 e. The molecule has 0 fully saturated rings. The van der Waals surface area contributed by atoms with E-state index in [0.717, 1.165) is 0 Å². The van der Waals surface area contributed by atoms with E-state index < -0.39 is 29.0 Å². The summed E-state index contributed by atoms with van der Waals surface area (Å²) >= 11 is 0. The predicted octanol–water partition coefficient (Wildman–Crippen LogP) is 1.41. The Kier molecular flexibility index (Phi) is 2.72. The van der Waals surface area contributed by atoms with Crippen LogP contribution in [0.15, 0.2) is 6.20 Å². The molecule has 0 bridgehead atoms. The molecule has 4 nitrogen and oxygen atoms in total. The first-order valence-corrected chi connectivity index (χ1v) is 3.47. The zero-order chi connectivity index (χ0) is 10.7. The summed E-state index contributed by atoms with van der Waals surface area (Å²) in [4.78, 5) is 13.7. The minimum absolute atomic E-state index is 0.0688. The van der Waals surface area contributed by atoms with E-state index in [1.165, 1.54) is 6.07 Å². The number of aldehydes is 1. The third-order valence-electron chi connectivity index (χ3n) is 1.58. The molecule has 72 valence electrons. The molecule has 1 rings (SSSR count). The molecule has 0 saturated heterocycles. The number of carbonyl (C=O) groups is 1. The smallest absolute Gasteiger partial charge is 0.266 e. The van der Waals surface area contributed by atoms with Gasteiger partial charge in [-0.05, 0) is 0 Å². The highest BCUT2D eigenvalue weighted by atomic mass is 19.3. The highest BCUT2D eigenvalue weighted by Gasteiger charge is 2.19. The maximum absolute atomic E-state index is 12.2.